The predicted molar refractivity (Wildman–Crippen MR) is 73.4 cm³/mol. The second kappa shape index (κ2) is 6.41. The van der Waals surface area contributed by atoms with E-state index in [1.165, 1.54) is 6.92 Å². The molecule has 0 aromatic heterocycles. The lowest BCUT2D eigenvalue weighted by molar-refractivity contribution is 0.0697. The molecule has 9 heteroatoms. The fourth-order valence-corrected chi connectivity index (χ4v) is 3.61. The molecule has 1 atom stereocenters. The first kappa shape index (κ1) is 16.7. The van der Waals surface area contributed by atoms with Crippen LogP contribution in [0.15, 0.2) is 17.0 Å². The van der Waals surface area contributed by atoms with Gasteiger partial charge < -0.3 is 5.11 Å². The highest BCUT2D eigenvalue weighted by Gasteiger charge is 2.25. The van der Waals surface area contributed by atoms with Crippen molar-refractivity contribution in [3.63, 3.8) is 0 Å². The number of carbonyl (C=O) groups is 1. The first-order chi connectivity index (χ1) is 9.20. The van der Waals surface area contributed by atoms with E-state index in [1.807, 2.05) is 6.07 Å². The summed E-state index contributed by atoms with van der Waals surface area (Å²) in [6.45, 7) is 1.50. The molecule has 0 aliphatic carbocycles. The molecule has 1 unspecified atom stereocenters. The number of nitriles is 1. The molecule has 0 saturated heterocycles. The SMILES string of the molecule is CC(CC#N)NS(=O)(=O)c1ccc(Cl)c(C(=O)O)c1Cl. The number of halogens is 2. The zero-order valence-electron chi connectivity index (χ0n) is 10.2. The van der Waals surface area contributed by atoms with Gasteiger partial charge in [-0.1, -0.05) is 23.2 Å². The van der Waals surface area contributed by atoms with E-state index in [0.29, 0.717) is 0 Å². The van der Waals surface area contributed by atoms with Gasteiger partial charge in [0.1, 0.15) is 4.90 Å². The second-order valence-corrected chi connectivity index (χ2v) is 6.39. The molecule has 20 heavy (non-hydrogen) atoms. The minimum absolute atomic E-state index is 0.0315. The molecule has 0 bridgehead atoms. The van der Waals surface area contributed by atoms with E-state index >= 15 is 0 Å². The van der Waals surface area contributed by atoms with Gasteiger partial charge in [0.15, 0.2) is 0 Å². The van der Waals surface area contributed by atoms with Crippen LogP contribution in [0.4, 0.5) is 0 Å². The normalized spacial score (nSPS) is 12.7. The maximum Gasteiger partial charge on any atom is 0.338 e. The summed E-state index contributed by atoms with van der Waals surface area (Å²) >= 11 is 11.5. The van der Waals surface area contributed by atoms with Crippen LogP contribution in [0.5, 0.6) is 0 Å². The van der Waals surface area contributed by atoms with E-state index in [0.717, 1.165) is 12.1 Å². The molecule has 0 radical (unpaired) electrons. The summed E-state index contributed by atoms with van der Waals surface area (Å²) in [4.78, 5) is 10.6. The minimum Gasteiger partial charge on any atom is -0.478 e. The number of hydrogen-bond donors (Lipinski definition) is 2. The Bertz CT molecular complexity index is 682. The molecule has 1 aromatic rings. The van der Waals surface area contributed by atoms with Crippen LogP contribution in [-0.2, 0) is 10.0 Å². The number of rotatable bonds is 5. The first-order valence-electron chi connectivity index (χ1n) is 5.31. The fraction of sp³-hybridized carbons (Fsp3) is 0.273. The van der Waals surface area contributed by atoms with Crippen molar-refractivity contribution in [1.29, 1.82) is 5.26 Å². The molecule has 1 aromatic carbocycles. The van der Waals surface area contributed by atoms with E-state index in [9.17, 15) is 13.2 Å². The Balaban J connectivity index is 3.31. The highest BCUT2D eigenvalue weighted by atomic mass is 35.5. The topological polar surface area (TPSA) is 107 Å². The van der Waals surface area contributed by atoms with Gasteiger partial charge in [0, 0.05) is 6.04 Å². The van der Waals surface area contributed by atoms with Gasteiger partial charge in [-0.3, -0.25) is 0 Å². The summed E-state index contributed by atoms with van der Waals surface area (Å²) in [5, 5.41) is 16.9. The van der Waals surface area contributed by atoms with Crippen molar-refractivity contribution in [3.05, 3.63) is 27.7 Å². The van der Waals surface area contributed by atoms with E-state index in [4.69, 9.17) is 33.6 Å². The van der Waals surface area contributed by atoms with Crippen molar-refractivity contribution in [2.45, 2.75) is 24.3 Å². The van der Waals surface area contributed by atoms with E-state index in [2.05, 4.69) is 4.72 Å². The molecule has 0 heterocycles. The lowest BCUT2D eigenvalue weighted by Gasteiger charge is -2.13. The molecule has 6 nitrogen and oxygen atoms in total. The van der Waals surface area contributed by atoms with Crippen LogP contribution in [0, 0.1) is 11.3 Å². The van der Waals surface area contributed by atoms with Crippen molar-refractivity contribution >= 4 is 39.2 Å². The average Bonchev–Trinajstić information content (AvgIpc) is 2.27. The third kappa shape index (κ3) is 3.61. The van der Waals surface area contributed by atoms with Gasteiger partial charge in [0.2, 0.25) is 10.0 Å². The lowest BCUT2D eigenvalue weighted by atomic mass is 10.2. The Kier molecular flexibility index (Phi) is 5.36. The number of benzene rings is 1. The molecule has 0 saturated carbocycles. The van der Waals surface area contributed by atoms with Crippen molar-refractivity contribution in [3.8, 4) is 6.07 Å². The Morgan fingerprint density at radius 3 is 2.60 bits per heavy atom. The largest absolute Gasteiger partial charge is 0.478 e. The van der Waals surface area contributed by atoms with Gasteiger partial charge in [-0.2, -0.15) is 5.26 Å². The van der Waals surface area contributed by atoms with Gasteiger partial charge in [-0.25, -0.2) is 17.9 Å². The van der Waals surface area contributed by atoms with Crippen LogP contribution < -0.4 is 4.72 Å². The Morgan fingerprint density at radius 1 is 1.50 bits per heavy atom. The molecule has 0 spiro atoms. The van der Waals surface area contributed by atoms with Crippen LogP contribution in [0.2, 0.25) is 10.0 Å². The average molecular weight is 337 g/mol. The number of carboxylic acids is 1. The summed E-state index contributed by atoms with van der Waals surface area (Å²) in [5.74, 6) is -1.43. The molecule has 2 N–H and O–H groups in total. The van der Waals surface area contributed by atoms with Gasteiger partial charge in [0.25, 0.3) is 0 Å². The van der Waals surface area contributed by atoms with Crippen molar-refractivity contribution in [1.82, 2.24) is 4.72 Å². The van der Waals surface area contributed by atoms with E-state index in [1.54, 1.807) is 0 Å². The summed E-state index contributed by atoms with van der Waals surface area (Å²) in [6, 6.07) is 3.43. The number of nitrogens with zero attached hydrogens (tertiary/aromatic N) is 1. The summed E-state index contributed by atoms with van der Waals surface area (Å²) in [6.07, 6.45) is -0.0315. The van der Waals surface area contributed by atoms with E-state index in [-0.39, 0.29) is 11.4 Å². The minimum atomic E-state index is -4.04. The molecule has 108 valence electrons. The maximum atomic E-state index is 12.1. The van der Waals surface area contributed by atoms with Crippen LogP contribution >= 0.6 is 23.2 Å². The smallest absolute Gasteiger partial charge is 0.338 e. The number of sulfonamides is 1. The van der Waals surface area contributed by atoms with Gasteiger partial charge in [-0.05, 0) is 19.1 Å². The third-order valence-corrected chi connectivity index (χ3v) is 4.76. The van der Waals surface area contributed by atoms with Crippen molar-refractivity contribution in [2.24, 2.45) is 0 Å². The summed E-state index contributed by atoms with van der Waals surface area (Å²) in [5.41, 5.74) is -0.482. The van der Waals surface area contributed by atoms with E-state index < -0.39 is 37.5 Å². The third-order valence-electron chi connectivity index (χ3n) is 2.31. The quantitative estimate of drug-likeness (QED) is 0.857. The highest BCUT2D eigenvalue weighted by Crippen LogP contribution is 2.31. The zero-order chi connectivity index (χ0) is 15.5. The van der Waals surface area contributed by atoms with Gasteiger partial charge in [-0.15, -0.1) is 0 Å². The molecule has 0 aliphatic rings. The van der Waals surface area contributed by atoms with Crippen LogP contribution in [-0.4, -0.2) is 25.5 Å². The van der Waals surface area contributed by atoms with Crippen LogP contribution in [0.25, 0.3) is 0 Å². The first-order valence-corrected chi connectivity index (χ1v) is 7.55. The van der Waals surface area contributed by atoms with Crippen LogP contribution in [0.3, 0.4) is 0 Å². The van der Waals surface area contributed by atoms with Gasteiger partial charge in [0.05, 0.1) is 28.1 Å². The number of nitrogens with one attached hydrogen (secondary N) is 1. The zero-order valence-corrected chi connectivity index (χ0v) is 12.6. The number of aromatic carboxylic acids is 1. The molecule has 0 aliphatic heterocycles. The number of carboxylic acid groups (broad SMARTS) is 1. The van der Waals surface area contributed by atoms with Gasteiger partial charge >= 0.3 is 5.97 Å². The Morgan fingerprint density at radius 2 is 2.10 bits per heavy atom. The molecule has 0 amide bonds. The molecular weight excluding hydrogens is 327 g/mol. The summed E-state index contributed by atoms with van der Waals surface area (Å²) < 4.78 is 26.4. The Labute approximate surface area is 126 Å². The maximum absolute atomic E-state index is 12.1. The number of hydrogen-bond acceptors (Lipinski definition) is 4. The van der Waals surface area contributed by atoms with Crippen LogP contribution in [0.1, 0.15) is 23.7 Å². The standard InChI is InChI=1S/C11H10Cl2N2O4S/c1-6(4-5-14)15-20(18,19)8-3-2-7(12)9(10(8)13)11(16)17/h2-3,6,15H,4H2,1H3,(H,16,17). The molecule has 1 rings (SSSR count). The predicted octanol–water partition coefficient (Wildman–Crippen LogP) is 2.27. The second-order valence-electron chi connectivity index (χ2n) is 3.92. The Hall–Kier alpha value is -1.33. The summed E-state index contributed by atoms with van der Waals surface area (Å²) in [7, 11) is -4.04. The van der Waals surface area contributed by atoms with Crippen molar-refractivity contribution in [2.75, 3.05) is 0 Å². The van der Waals surface area contributed by atoms with Crippen molar-refractivity contribution < 1.29 is 18.3 Å². The monoisotopic (exact) mass is 336 g/mol. The highest BCUT2D eigenvalue weighted by molar-refractivity contribution is 7.89. The fourth-order valence-electron chi connectivity index (χ4n) is 1.44. The molecular formula is C11H10Cl2N2O4S. The lowest BCUT2D eigenvalue weighted by Crippen LogP contribution is -2.32. The molecule has 0 fully saturated rings.